The lowest BCUT2D eigenvalue weighted by molar-refractivity contribution is 0.145. The predicted molar refractivity (Wildman–Crippen MR) is 44.6 cm³/mol. The van der Waals surface area contributed by atoms with Crippen LogP contribution >= 0.6 is 11.3 Å². The van der Waals surface area contributed by atoms with E-state index in [9.17, 15) is 8.78 Å². The third kappa shape index (κ3) is 3.23. The van der Waals surface area contributed by atoms with Crippen LogP contribution in [0.25, 0.3) is 0 Å². The number of alkyl halides is 2. The molecule has 0 aromatic carbocycles. The van der Waals surface area contributed by atoms with Gasteiger partial charge >= 0.3 is 0 Å². The van der Waals surface area contributed by atoms with Gasteiger partial charge in [0.25, 0.3) is 6.43 Å². The Kier molecular flexibility index (Phi) is 3.55. The molecule has 0 radical (unpaired) electrons. The first-order valence-electron chi connectivity index (χ1n) is 3.58. The van der Waals surface area contributed by atoms with Crippen molar-refractivity contribution in [2.75, 3.05) is 6.54 Å². The fraction of sp³-hybridized carbons (Fsp3) is 0.571. The largest absolute Gasteiger partial charge is 0.306 e. The number of hydrogen-bond acceptors (Lipinski definition) is 3. The molecule has 0 atom stereocenters. The van der Waals surface area contributed by atoms with Crippen LogP contribution in [0.4, 0.5) is 8.78 Å². The molecular formula is C7H10F2N2S. The molecule has 0 saturated carbocycles. The number of hydrogen-bond donors (Lipinski definition) is 1. The van der Waals surface area contributed by atoms with Gasteiger partial charge in [-0.25, -0.2) is 13.8 Å². The smallest absolute Gasteiger partial charge is 0.250 e. The highest BCUT2D eigenvalue weighted by molar-refractivity contribution is 7.09. The summed E-state index contributed by atoms with van der Waals surface area (Å²) in [5.41, 5.74) is 0.832. The number of aryl methyl sites for hydroxylation is 1. The number of nitrogens with zero attached hydrogens (tertiary/aromatic N) is 1. The second-order valence-corrected chi connectivity index (χ2v) is 3.44. The van der Waals surface area contributed by atoms with Crippen molar-refractivity contribution >= 4 is 11.3 Å². The highest BCUT2D eigenvalue weighted by Gasteiger charge is 2.02. The first-order chi connectivity index (χ1) is 5.68. The maximum atomic E-state index is 11.7. The summed E-state index contributed by atoms with van der Waals surface area (Å²) in [5, 5.41) is 5.44. The van der Waals surface area contributed by atoms with Crippen molar-refractivity contribution in [2.45, 2.75) is 19.9 Å². The Morgan fingerprint density at radius 3 is 2.92 bits per heavy atom. The SMILES string of the molecule is Cc1nc(CNCC(F)F)cs1. The van der Waals surface area contributed by atoms with Crippen LogP contribution in [-0.2, 0) is 6.54 Å². The van der Waals surface area contributed by atoms with Crippen molar-refractivity contribution in [1.29, 1.82) is 0 Å². The van der Waals surface area contributed by atoms with Gasteiger partial charge in [-0.15, -0.1) is 11.3 Å². The molecule has 0 aliphatic carbocycles. The lowest BCUT2D eigenvalue weighted by Gasteiger charge is -1.99. The maximum Gasteiger partial charge on any atom is 0.250 e. The normalized spacial score (nSPS) is 11.0. The Hall–Kier alpha value is -0.550. The fourth-order valence-electron chi connectivity index (χ4n) is 0.799. The highest BCUT2D eigenvalue weighted by atomic mass is 32.1. The molecular weight excluding hydrogens is 182 g/mol. The molecule has 1 N–H and O–H groups in total. The zero-order chi connectivity index (χ0) is 8.97. The van der Waals surface area contributed by atoms with Crippen molar-refractivity contribution in [1.82, 2.24) is 10.3 Å². The average Bonchev–Trinajstić information content (AvgIpc) is 2.35. The van der Waals surface area contributed by atoms with Gasteiger partial charge in [0, 0.05) is 11.9 Å². The van der Waals surface area contributed by atoms with E-state index >= 15 is 0 Å². The standard InChI is InChI=1S/C7H10F2N2S/c1-5-11-6(4-12-5)2-10-3-7(8)9/h4,7,10H,2-3H2,1H3. The molecule has 0 aliphatic rings. The molecule has 1 rings (SSSR count). The van der Waals surface area contributed by atoms with E-state index in [0.717, 1.165) is 10.7 Å². The van der Waals surface area contributed by atoms with Gasteiger partial charge in [0.05, 0.1) is 17.2 Å². The molecule has 0 unspecified atom stereocenters. The van der Waals surface area contributed by atoms with Gasteiger partial charge in [0.1, 0.15) is 0 Å². The van der Waals surface area contributed by atoms with Crippen molar-refractivity contribution < 1.29 is 8.78 Å². The van der Waals surface area contributed by atoms with Crippen LogP contribution in [0, 0.1) is 6.92 Å². The number of nitrogens with one attached hydrogen (secondary N) is 1. The van der Waals surface area contributed by atoms with E-state index in [1.54, 1.807) is 0 Å². The molecule has 5 heteroatoms. The zero-order valence-electron chi connectivity index (χ0n) is 6.68. The topological polar surface area (TPSA) is 24.9 Å². The second-order valence-electron chi connectivity index (χ2n) is 2.38. The molecule has 68 valence electrons. The molecule has 1 aromatic heterocycles. The minimum atomic E-state index is -2.29. The van der Waals surface area contributed by atoms with E-state index in [0.29, 0.717) is 6.54 Å². The summed E-state index contributed by atoms with van der Waals surface area (Å²) in [6.07, 6.45) is -2.29. The van der Waals surface area contributed by atoms with Crippen molar-refractivity contribution in [3.63, 3.8) is 0 Å². The summed E-state index contributed by atoms with van der Waals surface area (Å²) in [6, 6.07) is 0. The molecule has 0 aliphatic heterocycles. The van der Waals surface area contributed by atoms with E-state index in [1.807, 2.05) is 12.3 Å². The lowest BCUT2D eigenvalue weighted by atomic mass is 10.5. The van der Waals surface area contributed by atoms with Crippen LogP contribution in [0.2, 0.25) is 0 Å². The van der Waals surface area contributed by atoms with Gasteiger partial charge in [-0.3, -0.25) is 0 Å². The molecule has 12 heavy (non-hydrogen) atoms. The molecule has 0 spiro atoms. The lowest BCUT2D eigenvalue weighted by Crippen LogP contribution is -2.20. The van der Waals surface area contributed by atoms with E-state index in [4.69, 9.17) is 0 Å². The van der Waals surface area contributed by atoms with Crippen LogP contribution in [0.3, 0.4) is 0 Å². The first-order valence-corrected chi connectivity index (χ1v) is 4.46. The van der Waals surface area contributed by atoms with Crippen molar-refractivity contribution in [2.24, 2.45) is 0 Å². The number of aromatic nitrogens is 1. The summed E-state index contributed by atoms with van der Waals surface area (Å²) < 4.78 is 23.3. The summed E-state index contributed by atoms with van der Waals surface area (Å²) in [4.78, 5) is 4.12. The van der Waals surface area contributed by atoms with Crippen LogP contribution in [-0.4, -0.2) is 18.0 Å². The molecule has 0 saturated heterocycles. The zero-order valence-corrected chi connectivity index (χ0v) is 7.50. The Morgan fingerprint density at radius 1 is 1.67 bits per heavy atom. The fourth-order valence-corrected chi connectivity index (χ4v) is 1.41. The van der Waals surface area contributed by atoms with E-state index < -0.39 is 6.43 Å². The van der Waals surface area contributed by atoms with Gasteiger partial charge in [-0.05, 0) is 6.92 Å². The predicted octanol–water partition coefficient (Wildman–Crippen LogP) is 1.81. The van der Waals surface area contributed by atoms with Crippen molar-refractivity contribution in [3.8, 4) is 0 Å². The summed E-state index contributed by atoms with van der Waals surface area (Å²) in [5.74, 6) is 0. The molecule has 1 aromatic rings. The van der Waals surface area contributed by atoms with Gasteiger partial charge in [0.15, 0.2) is 0 Å². The maximum absolute atomic E-state index is 11.7. The Bertz CT molecular complexity index is 237. The van der Waals surface area contributed by atoms with Crippen LogP contribution < -0.4 is 5.32 Å². The number of halogens is 2. The third-order valence-corrected chi connectivity index (χ3v) is 2.09. The molecule has 0 amide bonds. The van der Waals surface area contributed by atoms with Crippen LogP contribution in [0.5, 0.6) is 0 Å². The second kappa shape index (κ2) is 4.47. The average molecular weight is 192 g/mol. The number of rotatable bonds is 4. The van der Waals surface area contributed by atoms with Crippen molar-refractivity contribution in [3.05, 3.63) is 16.1 Å². The van der Waals surface area contributed by atoms with Gasteiger partial charge < -0.3 is 5.32 Å². The van der Waals surface area contributed by atoms with E-state index in [2.05, 4.69) is 10.3 Å². The number of thiazole rings is 1. The molecule has 0 fully saturated rings. The van der Waals surface area contributed by atoms with Gasteiger partial charge in [-0.2, -0.15) is 0 Å². The third-order valence-electron chi connectivity index (χ3n) is 1.27. The Balaban J connectivity index is 2.24. The molecule has 1 heterocycles. The summed E-state index contributed by atoms with van der Waals surface area (Å²) >= 11 is 1.52. The van der Waals surface area contributed by atoms with Crippen LogP contribution in [0.1, 0.15) is 10.7 Å². The quantitative estimate of drug-likeness (QED) is 0.787. The Labute approximate surface area is 73.6 Å². The highest BCUT2D eigenvalue weighted by Crippen LogP contribution is 2.07. The monoisotopic (exact) mass is 192 g/mol. The van der Waals surface area contributed by atoms with E-state index in [-0.39, 0.29) is 6.54 Å². The molecule has 2 nitrogen and oxygen atoms in total. The first kappa shape index (κ1) is 9.54. The van der Waals surface area contributed by atoms with E-state index in [1.165, 1.54) is 11.3 Å². The Morgan fingerprint density at radius 2 is 2.42 bits per heavy atom. The summed E-state index contributed by atoms with van der Waals surface area (Å²) in [7, 11) is 0. The summed E-state index contributed by atoms with van der Waals surface area (Å²) in [6.45, 7) is 2.05. The molecule has 0 bridgehead atoms. The van der Waals surface area contributed by atoms with Crippen LogP contribution in [0.15, 0.2) is 5.38 Å². The minimum absolute atomic E-state index is 0.267. The van der Waals surface area contributed by atoms with Gasteiger partial charge in [0.2, 0.25) is 0 Å². The van der Waals surface area contributed by atoms with Gasteiger partial charge in [-0.1, -0.05) is 0 Å². The minimum Gasteiger partial charge on any atom is -0.306 e.